The average Bonchev–Trinajstić information content (AvgIpc) is 2.81. The van der Waals surface area contributed by atoms with E-state index in [1.807, 2.05) is 32.5 Å². The van der Waals surface area contributed by atoms with Crippen LogP contribution in [0.3, 0.4) is 0 Å². The zero-order valence-electron chi connectivity index (χ0n) is 15.3. The van der Waals surface area contributed by atoms with E-state index in [2.05, 4.69) is 21.0 Å². The number of rotatable bonds is 5. The van der Waals surface area contributed by atoms with Crippen LogP contribution in [0.4, 0.5) is 16.2 Å². The summed E-state index contributed by atoms with van der Waals surface area (Å²) in [5.74, 6) is -0.267. The molecule has 0 radical (unpaired) electrons. The van der Waals surface area contributed by atoms with Crippen molar-refractivity contribution in [2.45, 2.75) is 27.2 Å². The SMILES string of the molecule is CNC(=O)Nc1cccc(NC(=O)[C@@H](C)Cc2c(C)nn(C)c2C)c1. The second-order valence-electron chi connectivity index (χ2n) is 6.15. The summed E-state index contributed by atoms with van der Waals surface area (Å²) in [5.41, 5.74) is 4.40. The van der Waals surface area contributed by atoms with Gasteiger partial charge in [-0.3, -0.25) is 9.48 Å². The highest BCUT2D eigenvalue weighted by atomic mass is 16.2. The van der Waals surface area contributed by atoms with Crippen molar-refractivity contribution in [1.82, 2.24) is 15.1 Å². The van der Waals surface area contributed by atoms with Crippen molar-refractivity contribution in [3.05, 3.63) is 41.2 Å². The summed E-state index contributed by atoms with van der Waals surface area (Å²) in [6, 6.07) is 6.75. The number of anilines is 2. The first-order valence-corrected chi connectivity index (χ1v) is 8.20. The van der Waals surface area contributed by atoms with Gasteiger partial charge in [0.1, 0.15) is 0 Å². The molecule has 134 valence electrons. The van der Waals surface area contributed by atoms with Crippen molar-refractivity contribution in [2.24, 2.45) is 13.0 Å². The largest absolute Gasteiger partial charge is 0.341 e. The molecule has 7 heteroatoms. The maximum absolute atomic E-state index is 12.5. The van der Waals surface area contributed by atoms with E-state index in [-0.39, 0.29) is 17.9 Å². The van der Waals surface area contributed by atoms with Gasteiger partial charge in [0.05, 0.1) is 5.69 Å². The third kappa shape index (κ3) is 4.59. The highest BCUT2D eigenvalue weighted by Crippen LogP contribution is 2.20. The third-order valence-electron chi connectivity index (χ3n) is 4.23. The van der Waals surface area contributed by atoms with Gasteiger partial charge in [0.2, 0.25) is 5.91 Å². The molecule has 1 heterocycles. The van der Waals surface area contributed by atoms with E-state index in [1.165, 1.54) is 0 Å². The lowest BCUT2D eigenvalue weighted by Gasteiger charge is -2.13. The summed E-state index contributed by atoms with van der Waals surface area (Å²) in [5, 5.41) is 12.5. The first-order chi connectivity index (χ1) is 11.8. The van der Waals surface area contributed by atoms with Crippen LogP contribution in [0.15, 0.2) is 24.3 Å². The molecule has 0 unspecified atom stereocenters. The molecule has 1 atom stereocenters. The number of hydrogen-bond donors (Lipinski definition) is 3. The van der Waals surface area contributed by atoms with Gasteiger partial charge in [-0.1, -0.05) is 13.0 Å². The molecule has 0 spiro atoms. The first kappa shape index (κ1) is 18.5. The maximum Gasteiger partial charge on any atom is 0.318 e. The fourth-order valence-corrected chi connectivity index (χ4v) is 2.65. The van der Waals surface area contributed by atoms with Crippen LogP contribution in [0.1, 0.15) is 23.9 Å². The Bertz CT molecular complexity index is 782. The number of nitrogens with one attached hydrogen (secondary N) is 3. The minimum Gasteiger partial charge on any atom is -0.341 e. The summed E-state index contributed by atoms with van der Waals surface area (Å²) in [6.07, 6.45) is 0.632. The average molecular weight is 343 g/mol. The number of urea groups is 1. The number of carbonyl (C=O) groups excluding carboxylic acids is 2. The Kier molecular flexibility index (Phi) is 5.80. The molecule has 0 saturated carbocycles. The number of amides is 3. The van der Waals surface area contributed by atoms with Crippen LogP contribution in [0.2, 0.25) is 0 Å². The monoisotopic (exact) mass is 343 g/mol. The summed E-state index contributed by atoms with van der Waals surface area (Å²) in [6.45, 7) is 5.86. The molecule has 0 fully saturated rings. The Morgan fingerprint density at radius 2 is 1.84 bits per heavy atom. The molecule has 2 rings (SSSR count). The van der Waals surface area contributed by atoms with E-state index < -0.39 is 0 Å². The minimum atomic E-state index is -0.306. The van der Waals surface area contributed by atoms with Crippen molar-refractivity contribution in [3.63, 3.8) is 0 Å². The molecule has 0 saturated heterocycles. The van der Waals surface area contributed by atoms with E-state index in [9.17, 15) is 9.59 Å². The molecule has 0 aliphatic carbocycles. The summed E-state index contributed by atoms with van der Waals surface area (Å²) in [4.78, 5) is 23.9. The van der Waals surface area contributed by atoms with E-state index in [1.54, 1.807) is 31.3 Å². The fraction of sp³-hybridized carbons (Fsp3) is 0.389. The van der Waals surface area contributed by atoms with Crippen LogP contribution in [0, 0.1) is 19.8 Å². The smallest absolute Gasteiger partial charge is 0.318 e. The molecule has 7 nitrogen and oxygen atoms in total. The second-order valence-corrected chi connectivity index (χ2v) is 6.15. The van der Waals surface area contributed by atoms with Gasteiger partial charge in [-0.25, -0.2) is 4.79 Å². The van der Waals surface area contributed by atoms with Crippen molar-refractivity contribution in [1.29, 1.82) is 0 Å². The second kappa shape index (κ2) is 7.83. The lowest BCUT2D eigenvalue weighted by Crippen LogP contribution is -2.25. The number of hydrogen-bond acceptors (Lipinski definition) is 3. The number of carbonyl (C=O) groups is 2. The maximum atomic E-state index is 12.5. The van der Waals surface area contributed by atoms with Gasteiger partial charge in [0.15, 0.2) is 0 Å². The number of nitrogens with zero attached hydrogens (tertiary/aromatic N) is 2. The van der Waals surface area contributed by atoms with E-state index >= 15 is 0 Å². The van der Waals surface area contributed by atoms with E-state index in [0.29, 0.717) is 17.8 Å². The Balaban J connectivity index is 2.03. The summed E-state index contributed by atoms with van der Waals surface area (Å²) in [7, 11) is 3.45. The predicted molar refractivity (Wildman–Crippen MR) is 98.7 cm³/mol. The van der Waals surface area contributed by atoms with Crippen LogP contribution in [0.25, 0.3) is 0 Å². The lowest BCUT2D eigenvalue weighted by atomic mass is 9.99. The number of benzene rings is 1. The molecular weight excluding hydrogens is 318 g/mol. The number of aromatic nitrogens is 2. The summed E-state index contributed by atoms with van der Waals surface area (Å²) >= 11 is 0. The van der Waals surface area contributed by atoms with Gasteiger partial charge in [0, 0.05) is 37.1 Å². The zero-order chi connectivity index (χ0) is 18.6. The van der Waals surface area contributed by atoms with Crippen LogP contribution in [-0.4, -0.2) is 28.8 Å². The fourth-order valence-electron chi connectivity index (χ4n) is 2.65. The summed E-state index contributed by atoms with van der Waals surface area (Å²) < 4.78 is 1.84. The van der Waals surface area contributed by atoms with Crippen LogP contribution in [-0.2, 0) is 18.3 Å². The molecule has 0 aliphatic rings. The Labute approximate surface area is 147 Å². The Morgan fingerprint density at radius 3 is 2.40 bits per heavy atom. The molecule has 1 aromatic carbocycles. The van der Waals surface area contributed by atoms with Gasteiger partial charge in [-0.15, -0.1) is 0 Å². The zero-order valence-corrected chi connectivity index (χ0v) is 15.3. The Morgan fingerprint density at radius 1 is 1.20 bits per heavy atom. The van der Waals surface area contributed by atoms with Gasteiger partial charge >= 0.3 is 6.03 Å². The molecule has 3 N–H and O–H groups in total. The molecule has 0 aliphatic heterocycles. The normalized spacial score (nSPS) is 11.7. The molecule has 1 aromatic heterocycles. The quantitative estimate of drug-likeness (QED) is 0.780. The highest BCUT2D eigenvalue weighted by Gasteiger charge is 2.18. The van der Waals surface area contributed by atoms with Crippen LogP contribution in [0.5, 0.6) is 0 Å². The van der Waals surface area contributed by atoms with Gasteiger partial charge in [0.25, 0.3) is 0 Å². The third-order valence-corrected chi connectivity index (χ3v) is 4.23. The molecule has 0 bridgehead atoms. The Hall–Kier alpha value is -2.83. The first-order valence-electron chi connectivity index (χ1n) is 8.20. The van der Waals surface area contributed by atoms with Crippen molar-refractivity contribution >= 4 is 23.3 Å². The molecule has 3 amide bonds. The van der Waals surface area contributed by atoms with Crippen molar-refractivity contribution < 1.29 is 9.59 Å². The molecule has 25 heavy (non-hydrogen) atoms. The van der Waals surface area contributed by atoms with Gasteiger partial charge < -0.3 is 16.0 Å². The van der Waals surface area contributed by atoms with Crippen molar-refractivity contribution in [3.8, 4) is 0 Å². The number of aryl methyl sites for hydroxylation is 2. The topological polar surface area (TPSA) is 88.1 Å². The van der Waals surface area contributed by atoms with Crippen molar-refractivity contribution in [2.75, 3.05) is 17.7 Å². The van der Waals surface area contributed by atoms with Crippen LogP contribution >= 0.6 is 0 Å². The van der Waals surface area contributed by atoms with E-state index in [0.717, 1.165) is 17.0 Å². The molecule has 2 aromatic rings. The highest BCUT2D eigenvalue weighted by molar-refractivity contribution is 5.94. The van der Waals surface area contributed by atoms with Crippen LogP contribution < -0.4 is 16.0 Å². The van der Waals surface area contributed by atoms with E-state index in [4.69, 9.17) is 0 Å². The minimum absolute atomic E-state index is 0.0697. The van der Waals surface area contributed by atoms with Gasteiger partial charge in [-0.05, 0) is 44.0 Å². The lowest BCUT2D eigenvalue weighted by molar-refractivity contribution is -0.119. The molecular formula is C18H25N5O2. The van der Waals surface area contributed by atoms with Gasteiger partial charge in [-0.2, -0.15) is 5.10 Å². The predicted octanol–water partition coefficient (Wildman–Crippen LogP) is 2.61. The standard InChI is InChI=1S/C18H25N5O2/c1-11(9-16-12(2)22-23(5)13(16)3)17(24)20-14-7-6-8-15(10-14)21-18(25)19-4/h6-8,10-11H,9H2,1-5H3,(H,20,24)(H2,19,21,25)/t11-/m0/s1.